The molecule has 3 heteroatoms. The molecule has 0 N–H and O–H groups in total. The van der Waals surface area contributed by atoms with Crippen molar-refractivity contribution >= 4 is 5.91 Å². The Morgan fingerprint density at radius 1 is 1.00 bits per heavy atom. The van der Waals surface area contributed by atoms with Crippen LogP contribution in [-0.2, 0) is 9.53 Å². The second-order valence-corrected chi connectivity index (χ2v) is 7.31. The van der Waals surface area contributed by atoms with Gasteiger partial charge in [-0.15, -0.1) is 0 Å². The molecule has 21 heavy (non-hydrogen) atoms. The Bertz CT molecular complexity index is 341. The maximum absolute atomic E-state index is 12.7. The predicted molar refractivity (Wildman–Crippen MR) is 84.2 cm³/mol. The topological polar surface area (TPSA) is 29.5 Å². The number of carbonyl (C=O) groups is 1. The monoisotopic (exact) mass is 293 g/mol. The largest absolute Gasteiger partial charge is 0.378 e. The fraction of sp³-hybridized carbons (Fsp3) is 0.944. The number of rotatable bonds is 3. The van der Waals surface area contributed by atoms with Gasteiger partial charge in [-0.3, -0.25) is 4.79 Å². The molecular weight excluding hydrogens is 262 g/mol. The van der Waals surface area contributed by atoms with Gasteiger partial charge in [-0.25, -0.2) is 0 Å². The molecule has 1 atom stereocenters. The van der Waals surface area contributed by atoms with Gasteiger partial charge in [0.25, 0.3) is 0 Å². The third kappa shape index (κ3) is 3.61. The van der Waals surface area contributed by atoms with Gasteiger partial charge in [0, 0.05) is 25.1 Å². The highest BCUT2D eigenvalue weighted by Gasteiger charge is 2.42. The zero-order valence-corrected chi connectivity index (χ0v) is 13.4. The van der Waals surface area contributed by atoms with Crippen molar-refractivity contribution in [1.29, 1.82) is 0 Å². The van der Waals surface area contributed by atoms with E-state index in [1.165, 1.54) is 64.2 Å². The summed E-state index contributed by atoms with van der Waals surface area (Å²) in [5, 5.41) is 0. The molecular formula is C18H31NO2. The van der Waals surface area contributed by atoms with Gasteiger partial charge < -0.3 is 9.64 Å². The molecule has 0 radical (unpaired) electrons. The molecule has 0 aromatic carbocycles. The average molecular weight is 293 g/mol. The Labute approximate surface area is 129 Å². The molecule has 2 heterocycles. The van der Waals surface area contributed by atoms with Crippen molar-refractivity contribution in [1.82, 2.24) is 4.90 Å². The van der Waals surface area contributed by atoms with Crippen LogP contribution in [0.2, 0.25) is 0 Å². The van der Waals surface area contributed by atoms with Crippen molar-refractivity contribution in [2.45, 2.75) is 95.1 Å². The molecule has 1 amide bonds. The van der Waals surface area contributed by atoms with Crippen LogP contribution in [0.25, 0.3) is 0 Å². The van der Waals surface area contributed by atoms with Gasteiger partial charge >= 0.3 is 0 Å². The minimum atomic E-state index is 0.237. The first kappa shape index (κ1) is 15.3. The maximum Gasteiger partial charge on any atom is 0.223 e. The molecule has 0 aromatic heterocycles. The van der Waals surface area contributed by atoms with Crippen LogP contribution in [0.15, 0.2) is 0 Å². The van der Waals surface area contributed by atoms with E-state index < -0.39 is 0 Å². The Morgan fingerprint density at radius 2 is 1.76 bits per heavy atom. The molecule has 2 aliphatic heterocycles. The van der Waals surface area contributed by atoms with Crippen LogP contribution in [0, 0.1) is 0 Å². The molecule has 3 aliphatic rings. The summed E-state index contributed by atoms with van der Waals surface area (Å²) >= 11 is 0. The summed E-state index contributed by atoms with van der Waals surface area (Å²) in [6, 6.07) is 0. The lowest BCUT2D eigenvalue weighted by atomic mass is 9.87. The summed E-state index contributed by atoms with van der Waals surface area (Å²) in [7, 11) is 0. The molecule has 3 nitrogen and oxygen atoms in total. The van der Waals surface area contributed by atoms with Crippen LogP contribution in [0.3, 0.4) is 0 Å². The second-order valence-electron chi connectivity index (χ2n) is 7.31. The highest BCUT2D eigenvalue weighted by atomic mass is 16.5. The number of amides is 1. The highest BCUT2D eigenvalue weighted by molar-refractivity contribution is 5.77. The van der Waals surface area contributed by atoms with E-state index >= 15 is 0 Å². The summed E-state index contributed by atoms with van der Waals surface area (Å²) in [5.74, 6) is 0.406. The SMILES string of the molecule is O=C(CC[C@H]1CCCCO1)N1CCCC12CCCCCC2. The lowest BCUT2D eigenvalue weighted by molar-refractivity contribution is -0.137. The molecule has 0 bridgehead atoms. The zero-order chi connectivity index (χ0) is 14.5. The Hall–Kier alpha value is -0.570. The van der Waals surface area contributed by atoms with Gasteiger partial charge in [-0.05, 0) is 51.4 Å². The number of hydrogen-bond donors (Lipinski definition) is 0. The number of nitrogens with zero attached hydrogens (tertiary/aromatic N) is 1. The second kappa shape index (κ2) is 7.13. The standard InChI is InChI=1S/C18H31NO2/c20-17(10-9-16-8-3-6-15-21-16)19-14-7-13-18(19)11-4-1-2-5-12-18/h16H,1-15H2/t16-/m1/s1. The predicted octanol–water partition coefficient (Wildman–Crippen LogP) is 4.05. The van der Waals surface area contributed by atoms with E-state index in [0.29, 0.717) is 18.4 Å². The van der Waals surface area contributed by atoms with Crippen molar-refractivity contribution < 1.29 is 9.53 Å². The third-order valence-electron chi connectivity index (χ3n) is 5.89. The molecule has 0 unspecified atom stereocenters. The summed E-state index contributed by atoms with van der Waals surface area (Å²) in [6.07, 6.45) is 15.9. The van der Waals surface area contributed by atoms with E-state index in [1.807, 2.05) is 0 Å². The van der Waals surface area contributed by atoms with Crippen molar-refractivity contribution in [3.63, 3.8) is 0 Å². The van der Waals surface area contributed by atoms with Crippen molar-refractivity contribution in [3.8, 4) is 0 Å². The Balaban J connectivity index is 1.54. The van der Waals surface area contributed by atoms with Crippen molar-refractivity contribution in [3.05, 3.63) is 0 Å². The van der Waals surface area contributed by atoms with Crippen LogP contribution in [-0.4, -0.2) is 35.6 Å². The highest BCUT2D eigenvalue weighted by Crippen LogP contribution is 2.41. The minimum absolute atomic E-state index is 0.237. The van der Waals surface area contributed by atoms with Crippen LogP contribution >= 0.6 is 0 Å². The zero-order valence-electron chi connectivity index (χ0n) is 13.4. The molecule has 3 fully saturated rings. The van der Waals surface area contributed by atoms with Crippen molar-refractivity contribution in [2.24, 2.45) is 0 Å². The normalized spacial score (nSPS) is 29.5. The van der Waals surface area contributed by atoms with Gasteiger partial charge in [-0.1, -0.05) is 25.7 Å². The lowest BCUT2D eigenvalue weighted by Crippen LogP contribution is -2.47. The first-order valence-electron chi connectivity index (χ1n) is 9.22. The van der Waals surface area contributed by atoms with Crippen LogP contribution < -0.4 is 0 Å². The van der Waals surface area contributed by atoms with Gasteiger partial charge in [0.05, 0.1) is 6.10 Å². The minimum Gasteiger partial charge on any atom is -0.378 e. The van der Waals surface area contributed by atoms with Gasteiger partial charge in [0.2, 0.25) is 5.91 Å². The third-order valence-corrected chi connectivity index (χ3v) is 5.89. The van der Waals surface area contributed by atoms with E-state index in [-0.39, 0.29) is 5.54 Å². The smallest absolute Gasteiger partial charge is 0.223 e. The fourth-order valence-corrected chi connectivity index (χ4v) is 4.69. The summed E-state index contributed by atoms with van der Waals surface area (Å²) < 4.78 is 5.78. The quantitative estimate of drug-likeness (QED) is 0.785. The summed E-state index contributed by atoms with van der Waals surface area (Å²) in [6.45, 7) is 1.90. The number of hydrogen-bond acceptors (Lipinski definition) is 2. The molecule has 1 aliphatic carbocycles. The first-order chi connectivity index (χ1) is 10.3. The Kier molecular flexibility index (Phi) is 5.20. The van der Waals surface area contributed by atoms with Gasteiger partial charge in [0.15, 0.2) is 0 Å². The molecule has 1 spiro atoms. The van der Waals surface area contributed by atoms with Crippen molar-refractivity contribution in [2.75, 3.05) is 13.2 Å². The average Bonchev–Trinajstić information content (AvgIpc) is 2.78. The number of carbonyl (C=O) groups excluding carboxylic acids is 1. The van der Waals surface area contributed by atoms with E-state index in [4.69, 9.17) is 4.74 Å². The molecule has 120 valence electrons. The summed E-state index contributed by atoms with van der Waals surface area (Å²) in [5.41, 5.74) is 0.237. The molecule has 2 saturated heterocycles. The number of likely N-dealkylation sites (tertiary alicyclic amines) is 1. The summed E-state index contributed by atoms with van der Waals surface area (Å²) in [4.78, 5) is 15.0. The molecule has 0 aromatic rings. The van der Waals surface area contributed by atoms with Crippen LogP contribution in [0.5, 0.6) is 0 Å². The van der Waals surface area contributed by atoms with Gasteiger partial charge in [0.1, 0.15) is 0 Å². The van der Waals surface area contributed by atoms with Crippen LogP contribution in [0.4, 0.5) is 0 Å². The lowest BCUT2D eigenvalue weighted by Gasteiger charge is -2.38. The number of ether oxygens (including phenoxy) is 1. The molecule has 1 saturated carbocycles. The van der Waals surface area contributed by atoms with Crippen LogP contribution in [0.1, 0.15) is 83.5 Å². The first-order valence-corrected chi connectivity index (χ1v) is 9.22. The van der Waals surface area contributed by atoms with E-state index in [9.17, 15) is 4.79 Å². The Morgan fingerprint density at radius 3 is 2.48 bits per heavy atom. The van der Waals surface area contributed by atoms with E-state index in [1.54, 1.807) is 0 Å². The fourth-order valence-electron chi connectivity index (χ4n) is 4.69. The maximum atomic E-state index is 12.7. The van der Waals surface area contributed by atoms with Gasteiger partial charge in [-0.2, -0.15) is 0 Å². The molecule has 3 rings (SSSR count). The van der Waals surface area contributed by atoms with E-state index in [0.717, 1.165) is 26.0 Å². The van der Waals surface area contributed by atoms with E-state index in [2.05, 4.69) is 4.90 Å².